The third kappa shape index (κ3) is 4.38. The van der Waals surface area contributed by atoms with Gasteiger partial charge < -0.3 is 9.32 Å². The Labute approximate surface area is 296 Å². The van der Waals surface area contributed by atoms with Crippen molar-refractivity contribution in [3.63, 3.8) is 0 Å². The quantitative estimate of drug-likeness (QED) is 0.175. The van der Waals surface area contributed by atoms with Crippen molar-refractivity contribution < 1.29 is 4.42 Å². The van der Waals surface area contributed by atoms with Gasteiger partial charge in [0.25, 0.3) is 0 Å². The Morgan fingerprint density at radius 3 is 1.67 bits per heavy atom. The molecule has 4 nitrogen and oxygen atoms in total. The summed E-state index contributed by atoms with van der Waals surface area (Å²) >= 11 is 1.84. The summed E-state index contributed by atoms with van der Waals surface area (Å²) in [7, 11) is 0. The van der Waals surface area contributed by atoms with Crippen LogP contribution in [0, 0.1) is 0 Å². The molecule has 8 aromatic carbocycles. The minimum atomic E-state index is 0.872. The molecule has 5 heteroatoms. The van der Waals surface area contributed by atoms with Gasteiger partial charge in [-0.15, -0.1) is 11.3 Å². The average molecular weight is 670 g/mol. The minimum absolute atomic E-state index is 0.872. The third-order valence-electron chi connectivity index (χ3n) is 10.2. The summed E-state index contributed by atoms with van der Waals surface area (Å²) in [6, 6.07) is 52.7. The van der Waals surface area contributed by atoms with Gasteiger partial charge >= 0.3 is 0 Å². The summed E-state index contributed by atoms with van der Waals surface area (Å²) in [5.74, 6) is 0. The van der Waals surface area contributed by atoms with Gasteiger partial charge in [0.2, 0.25) is 0 Å². The number of rotatable bonds is 4. The summed E-state index contributed by atoms with van der Waals surface area (Å²) in [4.78, 5) is 10.8. The van der Waals surface area contributed by atoms with E-state index in [4.69, 9.17) is 4.42 Å². The molecule has 0 atom stereocenters. The Morgan fingerprint density at radius 2 is 0.941 bits per heavy atom. The van der Waals surface area contributed by atoms with Crippen LogP contribution < -0.4 is 4.90 Å². The summed E-state index contributed by atoms with van der Waals surface area (Å²) < 4.78 is 9.17. The Balaban J connectivity index is 1.14. The van der Waals surface area contributed by atoms with Crippen LogP contribution in [0.4, 0.5) is 17.1 Å². The van der Waals surface area contributed by atoms with Crippen LogP contribution in [0.3, 0.4) is 0 Å². The lowest BCUT2D eigenvalue weighted by Gasteiger charge is -2.26. The van der Waals surface area contributed by atoms with Crippen molar-refractivity contribution in [2.24, 2.45) is 0 Å². The van der Waals surface area contributed by atoms with Crippen molar-refractivity contribution in [3.8, 4) is 11.1 Å². The molecule has 0 saturated heterocycles. The van der Waals surface area contributed by atoms with E-state index in [1.165, 1.54) is 52.5 Å². The average Bonchev–Trinajstić information content (AvgIpc) is 3.75. The third-order valence-corrected chi connectivity index (χ3v) is 11.4. The van der Waals surface area contributed by atoms with E-state index < -0.39 is 0 Å². The van der Waals surface area contributed by atoms with Gasteiger partial charge in [0.05, 0.1) is 0 Å². The number of furan rings is 1. The lowest BCUT2D eigenvalue weighted by Crippen LogP contribution is -2.09. The van der Waals surface area contributed by atoms with Crippen LogP contribution in [0.1, 0.15) is 0 Å². The smallest absolute Gasteiger partial charge is 0.136 e. The second-order valence-corrected chi connectivity index (χ2v) is 14.1. The fourth-order valence-electron chi connectivity index (χ4n) is 7.85. The van der Waals surface area contributed by atoms with E-state index in [0.29, 0.717) is 0 Å². The molecule has 3 heterocycles. The molecule has 0 amide bonds. The first-order valence-corrected chi connectivity index (χ1v) is 17.8. The first-order chi connectivity index (χ1) is 25.3. The standard InChI is InChI=1S/C46H27N3OS/c1-3-9-35-33(7-1)34-8-2-4-10-36(34)39-24-44-41(23-38(35)39)40-21-31(17-19-43(40)50-44)49(30-15-13-28(14-16-30)29-25-47-27-48-26-29)32-18-20-46-42(22-32)37-11-5-6-12-45(37)51-46/h1-27H. The molecule has 3 aromatic heterocycles. The molecule has 0 N–H and O–H groups in total. The van der Waals surface area contributed by atoms with E-state index in [9.17, 15) is 0 Å². The van der Waals surface area contributed by atoms with Crippen molar-refractivity contribution in [2.45, 2.75) is 0 Å². The number of aromatic nitrogens is 2. The van der Waals surface area contributed by atoms with Crippen LogP contribution in [-0.4, -0.2) is 9.97 Å². The highest BCUT2D eigenvalue weighted by Crippen LogP contribution is 2.44. The maximum absolute atomic E-state index is 6.60. The van der Waals surface area contributed by atoms with Crippen LogP contribution in [0.5, 0.6) is 0 Å². The monoisotopic (exact) mass is 669 g/mol. The Hall–Kier alpha value is -6.56. The van der Waals surface area contributed by atoms with E-state index >= 15 is 0 Å². The second-order valence-electron chi connectivity index (χ2n) is 13.1. The molecule has 0 radical (unpaired) electrons. The van der Waals surface area contributed by atoms with Crippen LogP contribution in [-0.2, 0) is 0 Å². The molecule has 51 heavy (non-hydrogen) atoms. The van der Waals surface area contributed by atoms with Gasteiger partial charge in [0.1, 0.15) is 17.5 Å². The van der Waals surface area contributed by atoms with Gasteiger partial charge in [-0.05, 0) is 105 Å². The van der Waals surface area contributed by atoms with Crippen molar-refractivity contribution in [1.82, 2.24) is 9.97 Å². The van der Waals surface area contributed by atoms with E-state index in [1.807, 2.05) is 23.7 Å². The van der Waals surface area contributed by atoms with Crippen LogP contribution >= 0.6 is 11.3 Å². The number of fused-ring (bicyclic) bond motifs is 12. The first-order valence-electron chi connectivity index (χ1n) is 17.0. The summed E-state index contributed by atoms with van der Waals surface area (Å²) in [6.07, 6.45) is 5.26. The molecular formula is C46H27N3OS. The highest BCUT2D eigenvalue weighted by Gasteiger charge is 2.19. The number of nitrogens with zero attached hydrogens (tertiary/aromatic N) is 3. The number of hydrogen-bond acceptors (Lipinski definition) is 5. The topological polar surface area (TPSA) is 42.2 Å². The van der Waals surface area contributed by atoms with E-state index in [-0.39, 0.29) is 0 Å². The normalized spacial score (nSPS) is 11.9. The number of benzene rings is 8. The molecule has 0 aliphatic carbocycles. The van der Waals surface area contributed by atoms with E-state index in [1.54, 1.807) is 6.33 Å². The fourth-order valence-corrected chi connectivity index (χ4v) is 8.94. The molecule has 0 fully saturated rings. The molecule has 0 spiro atoms. The van der Waals surface area contributed by atoms with Gasteiger partial charge in [-0.25, -0.2) is 9.97 Å². The molecule has 11 rings (SSSR count). The largest absolute Gasteiger partial charge is 0.456 e. The second kappa shape index (κ2) is 11.0. The van der Waals surface area contributed by atoms with Crippen LogP contribution in [0.15, 0.2) is 169 Å². The molecule has 0 aliphatic rings. The summed E-state index contributed by atoms with van der Waals surface area (Å²) in [5.41, 5.74) is 7.03. The van der Waals surface area contributed by atoms with Crippen molar-refractivity contribution >= 4 is 103 Å². The summed E-state index contributed by atoms with van der Waals surface area (Å²) in [6.45, 7) is 0. The van der Waals surface area contributed by atoms with Crippen molar-refractivity contribution in [2.75, 3.05) is 4.90 Å². The Bertz CT molecular complexity index is 3140. The predicted octanol–water partition coefficient (Wildman–Crippen LogP) is 13.3. The highest BCUT2D eigenvalue weighted by molar-refractivity contribution is 7.25. The molecule has 0 saturated carbocycles. The van der Waals surface area contributed by atoms with Gasteiger partial charge in [0, 0.05) is 66.0 Å². The van der Waals surface area contributed by atoms with E-state index in [2.05, 4.69) is 160 Å². The van der Waals surface area contributed by atoms with Crippen molar-refractivity contribution in [3.05, 3.63) is 164 Å². The Morgan fingerprint density at radius 1 is 0.392 bits per heavy atom. The van der Waals surface area contributed by atoms with Gasteiger partial charge in [-0.1, -0.05) is 78.9 Å². The SMILES string of the molecule is c1ccc2c(c1)sc1ccc(N(c3ccc(-c4cncnc4)cc3)c3ccc4oc5cc6c7ccccc7c7ccccc7c6cc5c4c3)cc12. The van der Waals surface area contributed by atoms with Crippen LogP contribution in [0.25, 0.3) is 85.6 Å². The maximum atomic E-state index is 6.60. The molecule has 0 aliphatic heterocycles. The zero-order valence-corrected chi connectivity index (χ0v) is 28.1. The van der Waals surface area contributed by atoms with Gasteiger partial charge in [-0.2, -0.15) is 0 Å². The molecule has 0 unspecified atom stereocenters. The highest BCUT2D eigenvalue weighted by atomic mass is 32.1. The first kappa shape index (κ1) is 28.3. The zero-order chi connectivity index (χ0) is 33.5. The fraction of sp³-hybridized carbons (Fsp3) is 0. The number of hydrogen-bond donors (Lipinski definition) is 0. The van der Waals surface area contributed by atoms with Gasteiger partial charge in [0.15, 0.2) is 0 Å². The number of thiophene rings is 1. The molecule has 0 bridgehead atoms. The van der Waals surface area contributed by atoms with Gasteiger partial charge in [-0.3, -0.25) is 0 Å². The van der Waals surface area contributed by atoms with E-state index in [0.717, 1.165) is 50.1 Å². The molecular weight excluding hydrogens is 643 g/mol. The lowest BCUT2D eigenvalue weighted by atomic mass is 9.93. The molecule has 238 valence electrons. The van der Waals surface area contributed by atoms with Crippen LogP contribution in [0.2, 0.25) is 0 Å². The Kier molecular flexibility index (Phi) is 6.09. The van der Waals surface area contributed by atoms with Crippen molar-refractivity contribution in [1.29, 1.82) is 0 Å². The lowest BCUT2D eigenvalue weighted by molar-refractivity contribution is 0.669. The molecule has 11 aromatic rings. The zero-order valence-electron chi connectivity index (χ0n) is 27.2. The summed E-state index contributed by atoms with van der Waals surface area (Å²) in [5, 5.41) is 12.2. The predicted molar refractivity (Wildman–Crippen MR) is 215 cm³/mol. The maximum Gasteiger partial charge on any atom is 0.136 e. The minimum Gasteiger partial charge on any atom is -0.456 e. The number of anilines is 3.